The van der Waals surface area contributed by atoms with Gasteiger partial charge in [-0.25, -0.2) is 0 Å². The van der Waals surface area contributed by atoms with Crippen LogP contribution in [0.5, 0.6) is 0 Å². The third kappa shape index (κ3) is 3.72. The van der Waals surface area contributed by atoms with E-state index in [1.54, 1.807) is 6.20 Å². The molecule has 0 unspecified atom stereocenters. The van der Waals surface area contributed by atoms with E-state index in [0.717, 1.165) is 31.4 Å². The number of aryl methyl sites for hydroxylation is 1. The summed E-state index contributed by atoms with van der Waals surface area (Å²) in [7, 11) is 0. The van der Waals surface area contributed by atoms with E-state index in [1.165, 1.54) is 36.8 Å². The predicted molar refractivity (Wildman–Crippen MR) is 89.0 cm³/mol. The van der Waals surface area contributed by atoms with Gasteiger partial charge in [0.25, 0.3) is 0 Å². The summed E-state index contributed by atoms with van der Waals surface area (Å²) >= 11 is 0. The van der Waals surface area contributed by atoms with Gasteiger partial charge in [0, 0.05) is 19.6 Å². The van der Waals surface area contributed by atoms with Gasteiger partial charge in [0.15, 0.2) is 5.82 Å². The largest absolute Gasteiger partial charge is 0.365 e. The maximum Gasteiger partial charge on any atom is 0.247 e. The predicted octanol–water partition coefficient (Wildman–Crippen LogP) is 3.17. The van der Waals surface area contributed by atoms with E-state index >= 15 is 0 Å². The third-order valence-corrected chi connectivity index (χ3v) is 4.16. The number of nitrogens with one attached hydrogen (secondary N) is 1. The Labute approximate surface area is 131 Å². The zero-order chi connectivity index (χ0) is 15.2. The molecule has 0 amide bonds. The Morgan fingerprint density at radius 1 is 1.09 bits per heavy atom. The Kier molecular flexibility index (Phi) is 4.83. The molecule has 0 aliphatic carbocycles. The first kappa shape index (κ1) is 14.8. The molecule has 2 aromatic rings. The highest BCUT2D eigenvalue weighted by Gasteiger charge is 2.13. The fourth-order valence-corrected chi connectivity index (χ4v) is 2.78. The van der Waals surface area contributed by atoms with E-state index in [1.807, 2.05) is 0 Å². The highest BCUT2D eigenvalue weighted by Crippen LogP contribution is 2.16. The number of anilines is 2. The number of hydrogen-bond acceptors (Lipinski definition) is 5. The van der Waals surface area contributed by atoms with Crippen molar-refractivity contribution in [3.05, 3.63) is 41.6 Å². The molecular weight excluding hydrogens is 274 g/mol. The summed E-state index contributed by atoms with van der Waals surface area (Å²) in [5.74, 6) is 1.54. The third-order valence-electron chi connectivity index (χ3n) is 4.16. The molecule has 3 rings (SSSR count). The zero-order valence-electron chi connectivity index (χ0n) is 13.1. The average Bonchev–Trinajstić information content (AvgIpc) is 2.84. The van der Waals surface area contributed by atoms with Crippen LogP contribution in [0.15, 0.2) is 30.5 Å². The van der Waals surface area contributed by atoms with E-state index in [0.29, 0.717) is 0 Å². The maximum absolute atomic E-state index is 4.62. The molecule has 0 atom stereocenters. The summed E-state index contributed by atoms with van der Waals surface area (Å²) in [5.41, 5.74) is 2.56. The Hall–Kier alpha value is -2.17. The van der Waals surface area contributed by atoms with Crippen molar-refractivity contribution in [3.8, 4) is 0 Å². The highest BCUT2D eigenvalue weighted by molar-refractivity contribution is 5.40. The van der Waals surface area contributed by atoms with E-state index in [2.05, 4.69) is 56.6 Å². The molecule has 2 heterocycles. The van der Waals surface area contributed by atoms with Crippen molar-refractivity contribution < 1.29 is 0 Å². The molecule has 1 aliphatic heterocycles. The second-order valence-corrected chi connectivity index (χ2v) is 5.82. The van der Waals surface area contributed by atoms with Crippen LogP contribution in [0.3, 0.4) is 0 Å². The molecule has 1 N–H and O–H groups in total. The summed E-state index contributed by atoms with van der Waals surface area (Å²) in [6.45, 7) is 4.94. The van der Waals surface area contributed by atoms with Crippen molar-refractivity contribution >= 4 is 11.8 Å². The maximum atomic E-state index is 4.62. The van der Waals surface area contributed by atoms with Crippen molar-refractivity contribution in [2.24, 2.45) is 0 Å². The number of hydrogen-bond donors (Lipinski definition) is 1. The van der Waals surface area contributed by atoms with Crippen molar-refractivity contribution in [1.82, 2.24) is 15.2 Å². The Morgan fingerprint density at radius 3 is 2.64 bits per heavy atom. The Balaban J connectivity index is 1.67. The minimum Gasteiger partial charge on any atom is -0.365 e. The van der Waals surface area contributed by atoms with Crippen LogP contribution in [0.1, 0.15) is 36.8 Å². The summed E-state index contributed by atoms with van der Waals surface area (Å²) in [6.07, 6.45) is 6.72. The minimum atomic E-state index is 0.747. The van der Waals surface area contributed by atoms with Crippen LogP contribution in [0, 0.1) is 6.92 Å². The SMILES string of the molecule is Cc1ccccc1CNc1cnnc(N2CCCCCC2)n1. The van der Waals surface area contributed by atoms with Crippen LogP contribution in [0.25, 0.3) is 0 Å². The number of benzene rings is 1. The Bertz CT molecular complexity index is 606. The lowest BCUT2D eigenvalue weighted by Gasteiger charge is -2.19. The molecule has 0 radical (unpaired) electrons. The monoisotopic (exact) mass is 297 g/mol. The van der Waals surface area contributed by atoms with Gasteiger partial charge in [-0.3, -0.25) is 0 Å². The lowest BCUT2D eigenvalue weighted by Crippen LogP contribution is -2.26. The van der Waals surface area contributed by atoms with Gasteiger partial charge >= 0.3 is 0 Å². The van der Waals surface area contributed by atoms with Gasteiger partial charge in [-0.05, 0) is 30.9 Å². The lowest BCUT2D eigenvalue weighted by atomic mass is 10.1. The molecule has 1 aromatic heterocycles. The van der Waals surface area contributed by atoms with Gasteiger partial charge in [0.05, 0.1) is 6.20 Å². The number of aromatic nitrogens is 3. The van der Waals surface area contributed by atoms with Crippen molar-refractivity contribution in [2.75, 3.05) is 23.3 Å². The van der Waals surface area contributed by atoms with Crippen LogP contribution in [0.2, 0.25) is 0 Å². The first-order valence-electron chi connectivity index (χ1n) is 8.06. The molecule has 5 heteroatoms. The van der Waals surface area contributed by atoms with Crippen LogP contribution in [0.4, 0.5) is 11.8 Å². The number of rotatable bonds is 4. The second kappa shape index (κ2) is 7.20. The molecule has 1 aromatic carbocycles. The molecule has 5 nitrogen and oxygen atoms in total. The summed E-state index contributed by atoms with van der Waals surface area (Å²) in [6, 6.07) is 8.37. The quantitative estimate of drug-likeness (QED) is 0.939. The van der Waals surface area contributed by atoms with Crippen molar-refractivity contribution in [3.63, 3.8) is 0 Å². The van der Waals surface area contributed by atoms with Crippen molar-refractivity contribution in [2.45, 2.75) is 39.2 Å². The highest BCUT2D eigenvalue weighted by atomic mass is 15.3. The van der Waals surface area contributed by atoms with Crippen LogP contribution in [-0.2, 0) is 6.54 Å². The normalized spacial score (nSPS) is 15.4. The van der Waals surface area contributed by atoms with E-state index < -0.39 is 0 Å². The minimum absolute atomic E-state index is 0.747. The zero-order valence-corrected chi connectivity index (χ0v) is 13.1. The van der Waals surface area contributed by atoms with E-state index in [-0.39, 0.29) is 0 Å². The Morgan fingerprint density at radius 2 is 1.86 bits per heavy atom. The van der Waals surface area contributed by atoms with Crippen molar-refractivity contribution in [1.29, 1.82) is 0 Å². The molecule has 0 bridgehead atoms. The van der Waals surface area contributed by atoms with Gasteiger partial charge in [-0.2, -0.15) is 10.1 Å². The molecule has 1 fully saturated rings. The van der Waals surface area contributed by atoms with Crippen LogP contribution < -0.4 is 10.2 Å². The van der Waals surface area contributed by atoms with Gasteiger partial charge in [0.2, 0.25) is 5.95 Å². The van der Waals surface area contributed by atoms with Gasteiger partial charge in [-0.15, -0.1) is 5.10 Å². The van der Waals surface area contributed by atoms with E-state index in [4.69, 9.17) is 0 Å². The molecule has 1 aliphatic rings. The van der Waals surface area contributed by atoms with Gasteiger partial charge in [0.1, 0.15) is 0 Å². The summed E-state index contributed by atoms with van der Waals surface area (Å²) in [5, 5.41) is 11.7. The molecule has 116 valence electrons. The van der Waals surface area contributed by atoms with Gasteiger partial charge in [-0.1, -0.05) is 37.1 Å². The second-order valence-electron chi connectivity index (χ2n) is 5.82. The molecule has 1 saturated heterocycles. The first-order valence-corrected chi connectivity index (χ1v) is 8.06. The fourth-order valence-electron chi connectivity index (χ4n) is 2.78. The fraction of sp³-hybridized carbons (Fsp3) is 0.471. The molecule has 0 saturated carbocycles. The average molecular weight is 297 g/mol. The smallest absolute Gasteiger partial charge is 0.247 e. The van der Waals surface area contributed by atoms with E-state index in [9.17, 15) is 0 Å². The van der Waals surface area contributed by atoms with Crippen LogP contribution in [-0.4, -0.2) is 28.3 Å². The van der Waals surface area contributed by atoms with Gasteiger partial charge < -0.3 is 10.2 Å². The molecular formula is C17H23N5. The lowest BCUT2D eigenvalue weighted by molar-refractivity contribution is 0.726. The first-order chi connectivity index (χ1) is 10.8. The standard InChI is InChI=1S/C17H23N5/c1-14-8-4-5-9-15(14)12-18-16-13-19-21-17(20-16)22-10-6-2-3-7-11-22/h4-5,8-9,13H,2-3,6-7,10-12H2,1H3,(H,18,20,21). The topological polar surface area (TPSA) is 53.9 Å². The number of nitrogens with zero attached hydrogens (tertiary/aromatic N) is 4. The van der Waals surface area contributed by atoms with Crippen LogP contribution >= 0.6 is 0 Å². The molecule has 0 spiro atoms. The summed E-state index contributed by atoms with van der Waals surface area (Å²) in [4.78, 5) is 6.87. The summed E-state index contributed by atoms with van der Waals surface area (Å²) < 4.78 is 0. The molecule has 22 heavy (non-hydrogen) atoms.